The number of carbonyl (C=O) groups excluding carboxylic acids is 1. The van der Waals surface area contributed by atoms with E-state index in [1.54, 1.807) is 6.92 Å². The number of rotatable bonds is 5. The third-order valence-electron chi connectivity index (χ3n) is 1.84. The van der Waals surface area contributed by atoms with Gasteiger partial charge in [-0.25, -0.2) is 0 Å². The molecule has 0 aromatic heterocycles. The Hall–Kier alpha value is -1.51. The Morgan fingerprint density at radius 3 is 2.60 bits per heavy atom. The molecular formula is C12H16O3. The van der Waals surface area contributed by atoms with Gasteiger partial charge in [0.05, 0.1) is 13.0 Å². The molecule has 0 amide bonds. The molecule has 1 aromatic rings. The van der Waals surface area contributed by atoms with Crippen LogP contribution in [0.2, 0.25) is 0 Å². The molecule has 82 valence electrons. The Morgan fingerprint density at radius 2 is 2.00 bits per heavy atom. The van der Waals surface area contributed by atoms with Gasteiger partial charge in [-0.2, -0.15) is 0 Å². The Balaban J connectivity index is 2.36. The van der Waals surface area contributed by atoms with Crippen LogP contribution >= 0.6 is 0 Å². The summed E-state index contributed by atoms with van der Waals surface area (Å²) in [5, 5.41) is 0. The molecule has 0 aliphatic rings. The molecule has 0 fully saturated rings. The van der Waals surface area contributed by atoms with Crippen LogP contribution in [0.3, 0.4) is 0 Å². The molecule has 0 bridgehead atoms. The van der Waals surface area contributed by atoms with Crippen molar-refractivity contribution >= 4 is 5.97 Å². The van der Waals surface area contributed by atoms with E-state index in [2.05, 4.69) is 0 Å². The minimum absolute atomic E-state index is 0.161. The fourth-order valence-electron chi connectivity index (χ4n) is 1.23. The molecule has 0 spiro atoms. The molecule has 0 N–H and O–H groups in total. The molecule has 1 aromatic carbocycles. The lowest BCUT2D eigenvalue weighted by Gasteiger charge is -2.13. The predicted octanol–water partition coefficient (Wildman–Crippen LogP) is 2.41. The average Bonchev–Trinajstić information content (AvgIpc) is 2.19. The van der Waals surface area contributed by atoms with Gasteiger partial charge in [-0.15, -0.1) is 0 Å². The van der Waals surface area contributed by atoms with Gasteiger partial charge in [-0.05, 0) is 26.0 Å². The van der Waals surface area contributed by atoms with Crippen molar-refractivity contribution in [2.75, 3.05) is 6.61 Å². The van der Waals surface area contributed by atoms with Crippen LogP contribution in [-0.4, -0.2) is 18.7 Å². The highest BCUT2D eigenvalue weighted by molar-refractivity contribution is 5.69. The third-order valence-corrected chi connectivity index (χ3v) is 1.84. The van der Waals surface area contributed by atoms with Crippen LogP contribution in [0.15, 0.2) is 30.3 Å². The molecule has 0 aliphatic carbocycles. The summed E-state index contributed by atoms with van der Waals surface area (Å²) in [6, 6.07) is 9.44. The van der Waals surface area contributed by atoms with E-state index in [-0.39, 0.29) is 18.5 Å². The molecule has 0 radical (unpaired) electrons. The van der Waals surface area contributed by atoms with E-state index in [4.69, 9.17) is 9.47 Å². The second-order valence-corrected chi connectivity index (χ2v) is 3.25. The molecule has 1 atom stereocenters. The lowest BCUT2D eigenvalue weighted by Crippen LogP contribution is -2.18. The number of carbonyl (C=O) groups is 1. The van der Waals surface area contributed by atoms with E-state index in [1.807, 2.05) is 37.3 Å². The molecule has 3 heteroatoms. The number of hydrogen-bond acceptors (Lipinski definition) is 3. The smallest absolute Gasteiger partial charge is 0.309 e. The first-order valence-electron chi connectivity index (χ1n) is 5.09. The lowest BCUT2D eigenvalue weighted by atomic mass is 10.3. The number of esters is 1. The standard InChI is InChI=1S/C12H16O3/c1-3-14-12(13)9-10(2)15-11-7-5-4-6-8-11/h4-8,10H,3,9H2,1-2H3/t10-/m1/s1. The van der Waals surface area contributed by atoms with Crippen molar-refractivity contribution in [1.29, 1.82) is 0 Å². The number of para-hydroxylation sites is 1. The number of hydrogen-bond donors (Lipinski definition) is 0. The van der Waals surface area contributed by atoms with Crippen molar-refractivity contribution in [3.8, 4) is 5.75 Å². The first-order valence-corrected chi connectivity index (χ1v) is 5.09. The maximum Gasteiger partial charge on any atom is 0.309 e. The van der Waals surface area contributed by atoms with E-state index >= 15 is 0 Å². The second kappa shape index (κ2) is 6.06. The molecule has 0 aliphatic heterocycles. The van der Waals surface area contributed by atoms with Crippen molar-refractivity contribution in [1.82, 2.24) is 0 Å². The zero-order valence-corrected chi connectivity index (χ0v) is 9.10. The molecule has 3 nitrogen and oxygen atoms in total. The van der Waals surface area contributed by atoms with Gasteiger partial charge < -0.3 is 9.47 Å². The summed E-state index contributed by atoms with van der Waals surface area (Å²) in [6.07, 6.45) is 0.120. The van der Waals surface area contributed by atoms with Crippen molar-refractivity contribution in [3.05, 3.63) is 30.3 Å². The highest BCUT2D eigenvalue weighted by atomic mass is 16.5. The van der Waals surface area contributed by atoms with E-state index in [9.17, 15) is 4.79 Å². The van der Waals surface area contributed by atoms with E-state index in [0.717, 1.165) is 5.75 Å². The maximum absolute atomic E-state index is 11.1. The highest BCUT2D eigenvalue weighted by Gasteiger charge is 2.10. The van der Waals surface area contributed by atoms with Crippen LogP contribution in [-0.2, 0) is 9.53 Å². The van der Waals surface area contributed by atoms with Crippen LogP contribution in [0.1, 0.15) is 20.3 Å². The molecule has 0 saturated heterocycles. The molecule has 1 rings (SSSR count). The summed E-state index contributed by atoms with van der Waals surface area (Å²) in [5.41, 5.74) is 0. The van der Waals surface area contributed by atoms with E-state index < -0.39 is 0 Å². The van der Waals surface area contributed by atoms with Crippen molar-refractivity contribution in [3.63, 3.8) is 0 Å². The first-order chi connectivity index (χ1) is 7.22. The fraction of sp³-hybridized carbons (Fsp3) is 0.417. The lowest BCUT2D eigenvalue weighted by molar-refractivity contribution is -0.144. The zero-order valence-electron chi connectivity index (χ0n) is 9.10. The molecule has 0 heterocycles. The SMILES string of the molecule is CCOC(=O)C[C@@H](C)Oc1ccccc1. The first kappa shape index (κ1) is 11.6. The van der Waals surface area contributed by atoms with Crippen LogP contribution < -0.4 is 4.74 Å². The summed E-state index contributed by atoms with van der Waals surface area (Å²) in [4.78, 5) is 11.1. The maximum atomic E-state index is 11.1. The van der Waals surface area contributed by atoms with Gasteiger partial charge in [-0.1, -0.05) is 18.2 Å². The van der Waals surface area contributed by atoms with Crippen LogP contribution in [0, 0.1) is 0 Å². The molecule has 15 heavy (non-hydrogen) atoms. The van der Waals surface area contributed by atoms with E-state index in [0.29, 0.717) is 6.61 Å². The van der Waals surface area contributed by atoms with Crippen molar-refractivity contribution in [2.45, 2.75) is 26.4 Å². The number of benzene rings is 1. The van der Waals surface area contributed by atoms with Crippen LogP contribution in [0.25, 0.3) is 0 Å². The Morgan fingerprint density at radius 1 is 1.33 bits per heavy atom. The van der Waals surface area contributed by atoms with Crippen LogP contribution in [0.5, 0.6) is 5.75 Å². The molecular weight excluding hydrogens is 192 g/mol. The van der Waals surface area contributed by atoms with Crippen LogP contribution in [0.4, 0.5) is 0 Å². The van der Waals surface area contributed by atoms with Gasteiger partial charge in [-0.3, -0.25) is 4.79 Å². The van der Waals surface area contributed by atoms with Gasteiger partial charge in [0.15, 0.2) is 0 Å². The summed E-state index contributed by atoms with van der Waals surface area (Å²) >= 11 is 0. The monoisotopic (exact) mass is 208 g/mol. The van der Waals surface area contributed by atoms with Gasteiger partial charge in [0.2, 0.25) is 0 Å². The summed E-state index contributed by atoms with van der Waals surface area (Å²) in [5.74, 6) is 0.551. The summed E-state index contributed by atoms with van der Waals surface area (Å²) in [7, 11) is 0. The van der Waals surface area contributed by atoms with Gasteiger partial charge in [0, 0.05) is 0 Å². The van der Waals surface area contributed by atoms with Gasteiger partial charge in [0.25, 0.3) is 0 Å². The Labute approximate surface area is 90.0 Å². The second-order valence-electron chi connectivity index (χ2n) is 3.25. The van der Waals surface area contributed by atoms with Crippen molar-refractivity contribution in [2.24, 2.45) is 0 Å². The zero-order chi connectivity index (χ0) is 11.1. The van der Waals surface area contributed by atoms with Gasteiger partial charge in [0.1, 0.15) is 11.9 Å². The fourth-order valence-corrected chi connectivity index (χ4v) is 1.23. The van der Waals surface area contributed by atoms with Crippen molar-refractivity contribution < 1.29 is 14.3 Å². The summed E-state index contributed by atoms with van der Waals surface area (Å²) < 4.78 is 10.4. The van der Waals surface area contributed by atoms with Gasteiger partial charge >= 0.3 is 5.97 Å². The minimum atomic E-state index is -0.221. The quantitative estimate of drug-likeness (QED) is 0.697. The topological polar surface area (TPSA) is 35.5 Å². The largest absolute Gasteiger partial charge is 0.490 e. The number of ether oxygens (including phenoxy) is 2. The van der Waals surface area contributed by atoms with E-state index in [1.165, 1.54) is 0 Å². The Kier molecular flexibility index (Phi) is 4.68. The normalized spacial score (nSPS) is 11.9. The Bertz CT molecular complexity index is 295. The summed E-state index contributed by atoms with van der Waals surface area (Å²) in [6.45, 7) is 4.06. The molecule has 0 saturated carbocycles. The highest BCUT2D eigenvalue weighted by Crippen LogP contribution is 2.12. The average molecular weight is 208 g/mol. The predicted molar refractivity (Wildman–Crippen MR) is 57.8 cm³/mol. The molecule has 0 unspecified atom stereocenters. The minimum Gasteiger partial charge on any atom is -0.490 e. The third kappa shape index (κ3) is 4.49.